The van der Waals surface area contributed by atoms with Gasteiger partial charge in [0.05, 0.1) is 6.04 Å². The van der Waals surface area contributed by atoms with Crippen LogP contribution in [0.15, 0.2) is 35.3 Å². The van der Waals surface area contributed by atoms with Crippen molar-refractivity contribution in [3.8, 4) is 0 Å². The number of aliphatic imine (C=N–C) groups is 1. The molecule has 0 amide bonds. The number of benzene rings is 1. The lowest BCUT2D eigenvalue weighted by molar-refractivity contribution is 0.444. The maximum Gasteiger partial charge on any atom is 0.131 e. The zero-order valence-electron chi connectivity index (χ0n) is 8.82. The van der Waals surface area contributed by atoms with Crippen LogP contribution in [0.3, 0.4) is 0 Å². The van der Waals surface area contributed by atoms with E-state index in [0.29, 0.717) is 11.2 Å². The molecule has 0 heterocycles. The van der Waals surface area contributed by atoms with Crippen molar-refractivity contribution in [2.45, 2.75) is 38.1 Å². The predicted molar refractivity (Wildman–Crippen MR) is 65.7 cm³/mol. The Morgan fingerprint density at radius 1 is 1.07 bits per heavy atom. The maximum absolute atomic E-state index is 6.19. The maximum atomic E-state index is 6.19. The third kappa shape index (κ3) is 3.07. The molecule has 1 aliphatic rings. The number of nitrogens with zero attached hydrogens (tertiary/aromatic N) is 1. The third-order valence-electron chi connectivity index (χ3n) is 2.88. The molecule has 2 rings (SSSR count). The van der Waals surface area contributed by atoms with Gasteiger partial charge in [-0.1, -0.05) is 61.2 Å². The van der Waals surface area contributed by atoms with E-state index in [1.165, 1.54) is 32.1 Å². The highest BCUT2D eigenvalue weighted by atomic mass is 35.5. The molecule has 0 spiro atoms. The molecule has 1 aromatic carbocycles. The van der Waals surface area contributed by atoms with Crippen molar-refractivity contribution in [1.29, 1.82) is 0 Å². The van der Waals surface area contributed by atoms with Gasteiger partial charge in [-0.2, -0.15) is 0 Å². The lowest BCUT2D eigenvalue weighted by Gasteiger charge is -2.17. The summed E-state index contributed by atoms with van der Waals surface area (Å²) in [5, 5.41) is 0.669. The third-order valence-corrected chi connectivity index (χ3v) is 3.20. The fourth-order valence-electron chi connectivity index (χ4n) is 2.02. The zero-order valence-corrected chi connectivity index (χ0v) is 9.58. The van der Waals surface area contributed by atoms with Crippen LogP contribution in [0.4, 0.5) is 0 Å². The molecule has 1 saturated carbocycles. The second kappa shape index (κ2) is 5.32. The van der Waals surface area contributed by atoms with Gasteiger partial charge in [0.15, 0.2) is 0 Å². The van der Waals surface area contributed by atoms with E-state index in [0.717, 1.165) is 5.56 Å². The molecule has 0 aliphatic heterocycles. The van der Waals surface area contributed by atoms with Crippen molar-refractivity contribution < 1.29 is 0 Å². The zero-order chi connectivity index (χ0) is 10.5. The van der Waals surface area contributed by atoms with E-state index in [1.807, 2.05) is 30.3 Å². The van der Waals surface area contributed by atoms with E-state index >= 15 is 0 Å². The smallest absolute Gasteiger partial charge is 0.131 e. The van der Waals surface area contributed by atoms with Crippen LogP contribution >= 0.6 is 11.6 Å². The minimum Gasteiger partial charge on any atom is -0.269 e. The predicted octanol–water partition coefficient (Wildman–Crippen LogP) is 4.00. The van der Waals surface area contributed by atoms with Crippen molar-refractivity contribution in [3.05, 3.63) is 35.9 Å². The number of halogens is 1. The molecule has 1 aliphatic carbocycles. The second-order valence-electron chi connectivity index (χ2n) is 4.08. The Labute approximate surface area is 96.2 Å². The Balaban J connectivity index is 2.06. The van der Waals surface area contributed by atoms with Crippen LogP contribution in [0.1, 0.15) is 37.7 Å². The largest absolute Gasteiger partial charge is 0.269 e. The van der Waals surface area contributed by atoms with Gasteiger partial charge in [-0.15, -0.1) is 0 Å². The van der Waals surface area contributed by atoms with Gasteiger partial charge in [0.2, 0.25) is 0 Å². The van der Waals surface area contributed by atoms with Gasteiger partial charge < -0.3 is 0 Å². The van der Waals surface area contributed by atoms with Gasteiger partial charge in [-0.3, -0.25) is 4.99 Å². The standard InChI is InChI=1S/C13H16ClN/c14-13(11-7-3-1-4-8-11)15-12-9-5-2-6-10-12/h1,3-4,7-8,12H,2,5-6,9-10H2/b15-13-. The molecule has 0 unspecified atom stereocenters. The average Bonchev–Trinajstić information content (AvgIpc) is 2.31. The van der Waals surface area contributed by atoms with Gasteiger partial charge in [0.25, 0.3) is 0 Å². The van der Waals surface area contributed by atoms with Gasteiger partial charge >= 0.3 is 0 Å². The molecule has 0 radical (unpaired) electrons. The van der Waals surface area contributed by atoms with E-state index in [-0.39, 0.29) is 0 Å². The van der Waals surface area contributed by atoms with Crippen LogP contribution in [0.2, 0.25) is 0 Å². The van der Waals surface area contributed by atoms with Crippen molar-refractivity contribution in [3.63, 3.8) is 0 Å². The van der Waals surface area contributed by atoms with Gasteiger partial charge in [0, 0.05) is 5.56 Å². The summed E-state index contributed by atoms with van der Waals surface area (Å²) in [5.41, 5.74) is 1.03. The molecule has 15 heavy (non-hydrogen) atoms. The Morgan fingerprint density at radius 2 is 1.73 bits per heavy atom. The molecule has 0 N–H and O–H groups in total. The molecule has 1 nitrogen and oxygen atoms in total. The summed E-state index contributed by atoms with van der Waals surface area (Å²) in [4.78, 5) is 4.59. The van der Waals surface area contributed by atoms with Gasteiger partial charge in [-0.05, 0) is 12.8 Å². The molecule has 1 aromatic rings. The fraction of sp³-hybridized carbons (Fsp3) is 0.462. The van der Waals surface area contributed by atoms with Crippen molar-refractivity contribution in [2.24, 2.45) is 4.99 Å². The molecule has 80 valence electrons. The molecule has 2 heteroatoms. The van der Waals surface area contributed by atoms with E-state index in [2.05, 4.69) is 4.99 Å². The summed E-state index contributed by atoms with van der Waals surface area (Å²) >= 11 is 6.19. The molecular weight excluding hydrogens is 206 g/mol. The SMILES string of the molecule is Cl/C(=N\C1CCCCC1)c1ccccc1. The summed E-state index contributed by atoms with van der Waals surface area (Å²) in [6.45, 7) is 0. The molecule has 0 bridgehead atoms. The van der Waals surface area contributed by atoms with Gasteiger partial charge in [0.1, 0.15) is 5.17 Å². The first-order chi connectivity index (χ1) is 7.36. The van der Waals surface area contributed by atoms with Crippen molar-refractivity contribution >= 4 is 16.8 Å². The number of hydrogen-bond donors (Lipinski definition) is 0. The van der Waals surface area contributed by atoms with Crippen LogP contribution in [0.5, 0.6) is 0 Å². The minimum absolute atomic E-state index is 0.450. The normalized spacial score (nSPS) is 19.1. The lowest BCUT2D eigenvalue weighted by Crippen LogP contribution is -2.11. The Bertz CT molecular complexity index is 326. The van der Waals surface area contributed by atoms with Crippen LogP contribution < -0.4 is 0 Å². The highest BCUT2D eigenvalue weighted by Gasteiger charge is 2.12. The molecule has 1 fully saturated rings. The fourth-order valence-corrected chi connectivity index (χ4v) is 2.28. The minimum atomic E-state index is 0.450. The Hall–Kier alpha value is -0.820. The monoisotopic (exact) mass is 221 g/mol. The molecule has 0 atom stereocenters. The van der Waals surface area contributed by atoms with E-state index in [9.17, 15) is 0 Å². The van der Waals surface area contributed by atoms with E-state index in [1.54, 1.807) is 0 Å². The summed E-state index contributed by atoms with van der Waals surface area (Å²) < 4.78 is 0. The second-order valence-corrected chi connectivity index (χ2v) is 4.44. The van der Waals surface area contributed by atoms with E-state index in [4.69, 9.17) is 11.6 Å². The number of rotatable bonds is 2. The summed E-state index contributed by atoms with van der Waals surface area (Å²) in [6.07, 6.45) is 6.35. The molecular formula is C13H16ClN. The molecule has 0 saturated heterocycles. The van der Waals surface area contributed by atoms with Crippen LogP contribution in [-0.2, 0) is 0 Å². The topological polar surface area (TPSA) is 12.4 Å². The Morgan fingerprint density at radius 3 is 2.40 bits per heavy atom. The van der Waals surface area contributed by atoms with Crippen molar-refractivity contribution in [1.82, 2.24) is 0 Å². The summed E-state index contributed by atoms with van der Waals surface area (Å²) in [5.74, 6) is 0. The quantitative estimate of drug-likeness (QED) is 0.670. The summed E-state index contributed by atoms with van der Waals surface area (Å²) in [7, 11) is 0. The van der Waals surface area contributed by atoms with Crippen molar-refractivity contribution in [2.75, 3.05) is 0 Å². The summed E-state index contributed by atoms with van der Waals surface area (Å²) in [6, 6.07) is 10.5. The highest BCUT2D eigenvalue weighted by Crippen LogP contribution is 2.21. The molecule has 0 aromatic heterocycles. The number of hydrogen-bond acceptors (Lipinski definition) is 1. The van der Waals surface area contributed by atoms with Gasteiger partial charge in [-0.25, -0.2) is 0 Å². The first-order valence-electron chi connectivity index (χ1n) is 5.65. The van der Waals surface area contributed by atoms with Crippen LogP contribution in [0, 0.1) is 0 Å². The van der Waals surface area contributed by atoms with Crippen LogP contribution in [-0.4, -0.2) is 11.2 Å². The van der Waals surface area contributed by atoms with E-state index < -0.39 is 0 Å². The van der Waals surface area contributed by atoms with Crippen LogP contribution in [0.25, 0.3) is 0 Å². The highest BCUT2D eigenvalue weighted by molar-refractivity contribution is 6.69. The lowest BCUT2D eigenvalue weighted by atomic mass is 9.96. The first kappa shape index (κ1) is 10.7. The average molecular weight is 222 g/mol. The first-order valence-corrected chi connectivity index (χ1v) is 6.03. The Kier molecular flexibility index (Phi) is 3.79.